The molecule has 16 heteroatoms. The summed E-state index contributed by atoms with van der Waals surface area (Å²) in [5, 5.41) is 13.9. The van der Waals surface area contributed by atoms with Gasteiger partial charge in [0.25, 0.3) is 0 Å². The van der Waals surface area contributed by atoms with E-state index in [2.05, 4.69) is 11.1 Å². The van der Waals surface area contributed by atoms with E-state index in [1.807, 2.05) is 4.57 Å². The van der Waals surface area contributed by atoms with Gasteiger partial charge < -0.3 is 9.13 Å². The number of hydrogen-bond acceptors (Lipinski definition) is 2. The summed E-state index contributed by atoms with van der Waals surface area (Å²) in [5.41, 5.74) is 3.68. The Hall–Kier alpha value is -9.62. The average molecular weight is 1140 g/mol. The molecule has 0 unspecified atom stereocenters. The van der Waals surface area contributed by atoms with Crippen molar-refractivity contribution >= 4 is 43.6 Å². The second-order valence-electron chi connectivity index (χ2n) is 21.2. The second-order valence-corrected chi connectivity index (χ2v) is 21.2. The first kappa shape index (κ1) is 54.9. The van der Waals surface area contributed by atoms with Crippen LogP contribution in [0.15, 0.2) is 182 Å². The molecule has 0 amide bonds. The number of nitriles is 1. The molecule has 0 aliphatic carbocycles. The van der Waals surface area contributed by atoms with Gasteiger partial charge in [-0.05, 0) is 197 Å². The third-order valence-electron chi connectivity index (χ3n) is 15.2. The standard InChI is InChI=1S/C68H42F12N4/c1-36-17-45(25-50(21-36)65(69,70)71)41-5-9-54-55-10-6-42(46-18-37(2)22-51(26-46)66(72,73)74)30-61(55)83(60(54)29-41)59-34-58(40-13-15-82-16-14-40)64(33-49(59)35-81)84-62-31-43(47-19-38(3)23-52(27-47)67(75,76)77)7-11-56(62)57-12-8-44(32-63(57)84)48-20-39(4)24-53(28-48)68(78,79)80/h5-34H,1-4H3. The Morgan fingerprint density at radius 1 is 0.321 bits per heavy atom. The van der Waals surface area contributed by atoms with E-state index in [1.165, 1.54) is 12.4 Å². The van der Waals surface area contributed by atoms with Crippen molar-refractivity contribution in [2.45, 2.75) is 52.4 Å². The molecule has 3 heterocycles. The zero-order valence-corrected chi connectivity index (χ0v) is 44.6. The largest absolute Gasteiger partial charge is 0.416 e. The third kappa shape index (κ3) is 9.96. The molecule has 9 aromatic carbocycles. The molecule has 12 aromatic rings. The number of benzene rings is 9. The first-order chi connectivity index (χ1) is 39.7. The Morgan fingerprint density at radius 3 is 0.905 bits per heavy atom. The van der Waals surface area contributed by atoms with E-state index in [0.29, 0.717) is 105 Å². The van der Waals surface area contributed by atoms with Gasteiger partial charge in [-0.25, -0.2) is 0 Å². The van der Waals surface area contributed by atoms with Crippen molar-refractivity contribution < 1.29 is 52.7 Å². The van der Waals surface area contributed by atoms with Crippen molar-refractivity contribution in [1.82, 2.24) is 14.1 Å². The van der Waals surface area contributed by atoms with Gasteiger partial charge >= 0.3 is 24.7 Å². The lowest BCUT2D eigenvalue weighted by Crippen LogP contribution is -2.06. The van der Waals surface area contributed by atoms with Gasteiger partial charge in [0, 0.05) is 39.5 Å². The number of rotatable bonds is 7. The van der Waals surface area contributed by atoms with E-state index in [-0.39, 0.29) is 33.5 Å². The molecule has 0 saturated carbocycles. The van der Waals surface area contributed by atoms with Crippen LogP contribution in [0.25, 0.3) is 111 Å². The highest BCUT2D eigenvalue weighted by Gasteiger charge is 2.35. The third-order valence-corrected chi connectivity index (χ3v) is 15.2. The topological polar surface area (TPSA) is 46.5 Å². The lowest BCUT2D eigenvalue weighted by Gasteiger charge is -2.19. The van der Waals surface area contributed by atoms with Crippen LogP contribution in [0.4, 0.5) is 52.7 Å². The Balaban J connectivity index is 1.19. The normalized spacial score (nSPS) is 12.5. The lowest BCUT2D eigenvalue weighted by atomic mass is 9.98. The highest BCUT2D eigenvalue weighted by molar-refractivity contribution is 6.13. The molecule has 3 aromatic heterocycles. The van der Waals surface area contributed by atoms with E-state index >= 15 is 0 Å². The monoisotopic (exact) mass is 1140 g/mol. The molecule has 0 saturated heterocycles. The Bertz CT molecular complexity index is 4480. The van der Waals surface area contributed by atoms with Crippen molar-refractivity contribution in [3.63, 3.8) is 0 Å². The predicted molar refractivity (Wildman–Crippen MR) is 304 cm³/mol. The minimum atomic E-state index is -4.68. The molecule has 4 nitrogen and oxygen atoms in total. The van der Waals surface area contributed by atoms with Crippen molar-refractivity contribution in [2.24, 2.45) is 0 Å². The van der Waals surface area contributed by atoms with Gasteiger partial charge in [-0.15, -0.1) is 0 Å². The molecule has 418 valence electrons. The zero-order valence-electron chi connectivity index (χ0n) is 44.6. The summed E-state index contributed by atoms with van der Waals surface area (Å²) in [6.45, 7) is 6.19. The molecular formula is C68H42F12N4. The number of aromatic nitrogens is 3. The smallest absolute Gasteiger partial charge is 0.309 e. The van der Waals surface area contributed by atoms with Crippen LogP contribution in [0.2, 0.25) is 0 Å². The van der Waals surface area contributed by atoms with Crippen LogP contribution in [0.1, 0.15) is 50.1 Å². The Labute approximate surface area is 471 Å². The number of alkyl halides is 12. The quantitative estimate of drug-likeness (QED) is 0.149. The maximum Gasteiger partial charge on any atom is 0.416 e. The fraction of sp³-hybridized carbons (Fsp3) is 0.118. The Kier molecular flexibility index (Phi) is 12.9. The predicted octanol–water partition coefficient (Wildman–Crippen LogP) is 20.8. The maximum atomic E-state index is 14.4. The van der Waals surface area contributed by atoms with Crippen LogP contribution in [0.3, 0.4) is 0 Å². The van der Waals surface area contributed by atoms with Crippen molar-refractivity contribution in [1.29, 1.82) is 5.26 Å². The van der Waals surface area contributed by atoms with Crippen molar-refractivity contribution in [3.8, 4) is 73.1 Å². The molecule has 0 radical (unpaired) electrons. The van der Waals surface area contributed by atoms with E-state index in [9.17, 15) is 57.9 Å². The molecule has 0 atom stereocenters. The van der Waals surface area contributed by atoms with Crippen molar-refractivity contribution in [3.05, 3.63) is 232 Å². The van der Waals surface area contributed by atoms with Gasteiger partial charge in [0.05, 0.1) is 61.3 Å². The summed E-state index contributed by atoms with van der Waals surface area (Å²) in [4.78, 5) is 4.27. The highest BCUT2D eigenvalue weighted by Crippen LogP contribution is 2.46. The van der Waals surface area contributed by atoms with Gasteiger partial charge in [0.2, 0.25) is 0 Å². The van der Waals surface area contributed by atoms with Gasteiger partial charge in [0.15, 0.2) is 0 Å². The average Bonchev–Trinajstić information content (AvgIpc) is 1.83. The minimum absolute atomic E-state index is 0.0200. The first-order valence-electron chi connectivity index (χ1n) is 26.1. The molecule has 0 bridgehead atoms. The van der Waals surface area contributed by atoms with Gasteiger partial charge in [-0.3, -0.25) is 4.98 Å². The van der Waals surface area contributed by atoms with Gasteiger partial charge in [0.1, 0.15) is 6.07 Å². The van der Waals surface area contributed by atoms with Crippen LogP contribution in [-0.2, 0) is 24.7 Å². The molecule has 12 rings (SSSR count). The Morgan fingerprint density at radius 2 is 0.619 bits per heavy atom. The van der Waals surface area contributed by atoms with Crippen LogP contribution in [0.5, 0.6) is 0 Å². The van der Waals surface area contributed by atoms with Gasteiger partial charge in [-0.1, -0.05) is 72.8 Å². The molecule has 0 aliphatic rings. The number of aryl methyl sites for hydroxylation is 4. The summed E-state index contributed by atoms with van der Waals surface area (Å²) >= 11 is 0. The summed E-state index contributed by atoms with van der Waals surface area (Å²) in [5.74, 6) is 0. The number of fused-ring (bicyclic) bond motifs is 6. The molecule has 0 aliphatic heterocycles. The van der Waals surface area contributed by atoms with E-state index in [4.69, 9.17) is 0 Å². The van der Waals surface area contributed by atoms with Crippen LogP contribution in [0, 0.1) is 39.0 Å². The summed E-state index contributed by atoms with van der Waals surface area (Å²) in [6, 6.07) is 44.5. The van der Waals surface area contributed by atoms with E-state index in [1.54, 1.807) is 154 Å². The van der Waals surface area contributed by atoms with E-state index in [0.717, 1.165) is 48.5 Å². The summed E-state index contributed by atoms with van der Waals surface area (Å²) in [7, 11) is 0. The number of halogens is 12. The fourth-order valence-corrected chi connectivity index (χ4v) is 11.5. The minimum Gasteiger partial charge on any atom is -0.309 e. The van der Waals surface area contributed by atoms with Crippen LogP contribution in [-0.4, -0.2) is 14.1 Å². The first-order valence-corrected chi connectivity index (χ1v) is 26.1. The number of nitrogens with zero attached hydrogens (tertiary/aromatic N) is 4. The lowest BCUT2D eigenvalue weighted by molar-refractivity contribution is -0.138. The highest BCUT2D eigenvalue weighted by atomic mass is 19.4. The van der Waals surface area contributed by atoms with Crippen LogP contribution >= 0.6 is 0 Å². The number of pyridine rings is 1. The van der Waals surface area contributed by atoms with Crippen LogP contribution < -0.4 is 0 Å². The molecule has 0 spiro atoms. The van der Waals surface area contributed by atoms with Crippen molar-refractivity contribution in [2.75, 3.05) is 0 Å². The summed E-state index contributed by atoms with van der Waals surface area (Å²) in [6.07, 6.45) is -15.6. The fourth-order valence-electron chi connectivity index (χ4n) is 11.5. The molecule has 0 fully saturated rings. The molecule has 84 heavy (non-hydrogen) atoms. The molecule has 0 N–H and O–H groups in total. The van der Waals surface area contributed by atoms with E-state index < -0.39 is 47.0 Å². The SMILES string of the molecule is Cc1cc(-c2ccc3c4ccc(-c5cc(C)cc(C(F)(F)F)c5)cc4n(-c4cc(-c5ccncc5)c(-n5c6cc(-c7cc(C)cc(C(F)(F)F)c7)ccc6c6ccc(-c7cc(C)cc(C(F)(F)F)c7)cc65)cc4C#N)c3c2)cc(C(F)(F)F)c1. The zero-order chi connectivity index (χ0) is 59.5. The molecular weight excluding hydrogens is 1100 g/mol. The maximum absolute atomic E-state index is 14.4. The second kappa shape index (κ2) is 19.8. The summed E-state index contributed by atoms with van der Waals surface area (Å²) < 4.78 is 176. The van der Waals surface area contributed by atoms with Gasteiger partial charge in [-0.2, -0.15) is 57.9 Å². The number of hydrogen-bond donors (Lipinski definition) is 0.